The second-order valence-electron chi connectivity index (χ2n) is 23.5. The summed E-state index contributed by atoms with van der Waals surface area (Å²) in [7, 11) is 0. The van der Waals surface area contributed by atoms with Gasteiger partial charge in [0.1, 0.15) is 48.8 Å². The molecule has 0 aliphatic carbocycles. The highest BCUT2D eigenvalue weighted by Gasteiger charge is 2.51. The van der Waals surface area contributed by atoms with Gasteiger partial charge in [-0.05, 0) is 103 Å². The molecule has 0 aromatic rings. The molecule has 2 saturated heterocycles. The van der Waals surface area contributed by atoms with Crippen molar-refractivity contribution in [3.63, 3.8) is 0 Å². The minimum absolute atomic E-state index is 0.257. The van der Waals surface area contributed by atoms with Crippen LogP contribution in [0.5, 0.6) is 0 Å². The molecule has 2 rings (SSSR count). The first-order valence-corrected chi connectivity index (χ1v) is 34.3. The number of unbranched alkanes of at least 4 members (excludes halogenated alkanes) is 23. The minimum atomic E-state index is -1.80. The van der Waals surface area contributed by atoms with Gasteiger partial charge in [0.25, 0.3) is 0 Å². The van der Waals surface area contributed by atoms with Crippen molar-refractivity contribution in [1.29, 1.82) is 0 Å². The summed E-state index contributed by atoms with van der Waals surface area (Å²) in [5.41, 5.74) is 0. The Morgan fingerprint density at radius 3 is 1.26 bits per heavy atom. The van der Waals surface area contributed by atoms with Gasteiger partial charge in [-0.25, -0.2) is 0 Å². The second kappa shape index (κ2) is 56.4. The van der Waals surface area contributed by atoms with Crippen LogP contribution in [0.15, 0.2) is 122 Å². The number of nitrogens with one attached hydrogen (secondary N) is 1. The van der Waals surface area contributed by atoms with Crippen molar-refractivity contribution in [2.24, 2.45) is 0 Å². The van der Waals surface area contributed by atoms with Gasteiger partial charge in [-0.2, -0.15) is 0 Å². The summed E-state index contributed by atoms with van der Waals surface area (Å²) in [6.07, 6.45) is 65.4. The van der Waals surface area contributed by atoms with E-state index in [0.717, 1.165) is 89.9 Å². The highest BCUT2D eigenvalue weighted by atomic mass is 16.7. The fraction of sp³-hybridized carbons (Fsp3) is 0.712. The van der Waals surface area contributed by atoms with E-state index in [1.165, 1.54) is 116 Å². The molecule has 0 saturated carbocycles. The molecule has 9 N–H and O–H groups in total. The molecule has 2 fully saturated rings. The molecule has 2 heterocycles. The van der Waals surface area contributed by atoms with Crippen molar-refractivity contribution in [2.45, 2.75) is 312 Å². The van der Waals surface area contributed by atoms with Gasteiger partial charge in [-0.15, -0.1) is 0 Å². The molecular formula is C73H123NO13. The quantitative estimate of drug-likeness (QED) is 0.0204. The zero-order valence-corrected chi connectivity index (χ0v) is 54.0. The van der Waals surface area contributed by atoms with Crippen molar-refractivity contribution >= 4 is 5.91 Å². The lowest BCUT2D eigenvalue weighted by atomic mass is 9.97. The zero-order chi connectivity index (χ0) is 63.1. The molecule has 14 heteroatoms. The summed E-state index contributed by atoms with van der Waals surface area (Å²) in [5.74, 6) is -0.257. The van der Waals surface area contributed by atoms with Crippen molar-refractivity contribution < 1.29 is 64.6 Å². The van der Waals surface area contributed by atoms with E-state index in [9.17, 15) is 45.6 Å². The summed E-state index contributed by atoms with van der Waals surface area (Å²) < 4.78 is 22.8. The highest BCUT2D eigenvalue weighted by Crippen LogP contribution is 2.30. The van der Waals surface area contributed by atoms with Crippen LogP contribution in [0, 0.1) is 0 Å². The third kappa shape index (κ3) is 40.7. The Morgan fingerprint density at radius 2 is 0.805 bits per heavy atom. The number of aliphatic hydroxyl groups excluding tert-OH is 8. The van der Waals surface area contributed by atoms with Gasteiger partial charge in [0, 0.05) is 6.42 Å². The number of rotatable bonds is 54. The third-order valence-corrected chi connectivity index (χ3v) is 15.9. The molecular weight excluding hydrogens is 1100 g/mol. The van der Waals surface area contributed by atoms with E-state index < -0.39 is 86.8 Å². The Kier molecular flexibility index (Phi) is 51.5. The van der Waals surface area contributed by atoms with Crippen LogP contribution >= 0.6 is 0 Å². The lowest BCUT2D eigenvalue weighted by Crippen LogP contribution is -2.65. The van der Waals surface area contributed by atoms with E-state index in [0.29, 0.717) is 12.8 Å². The molecule has 2 aliphatic heterocycles. The SMILES string of the molecule is CC/C=C\C/C=C\C/C=C\C/C=C\C/C=C\C/C=C\C/C=C\CCCCCCCCCCCCCCCCCC(=O)NC(COC1OC(CO)C(OC2OC(CO)C(O)C(O)C2O)C(O)C1O)C(O)/C=C/CC/C=C/CC/C=C/CCCCCCCC. The number of hydrogen-bond donors (Lipinski definition) is 9. The normalized spacial score (nSPS) is 24.1. The highest BCUT2D eigenvalue weighted by molar-refractivity contribution is 5.76. The molecule has 12 unspecified atom stereocenters. The maximum atomic E-state index is 13.3. The molecule has 0 radical (unpaired) electrons. The molecule has 2 aliphatic rings. The van der Waals surface area contributed by atoms with E-state index in [2.05, 4.69) is 129 Å². The molecule has 87 heavy (non-hydrogen) atoms. The Hall–Kier alpha value is -3.61. The molecule has 0 aromatic heterocycles. The van der Waals surface area contributed by atoms with E-state index in [4.69, 9.17) is 18.9 Å². The van der Waals surface area contributed by atoms with Gasteiger partial charge in [-0.3, -0.25) is 4.79 Å². The lowest BCUT2D eigenvalue weighted by Gasteiger charge is -2.46. The van der Waals surface area contributed by atoms with Crippen LogP contribution in [-0.4, -0.2) is 140 Å². The first kappa shape index (κ1) is 79.5. The Morgan fingerprint density at radius 1 is 0.425 bits per heavy atom. The molecule has 1 amide bonds. The van der Waals surface area contributed by atoms with E-state index in [-0.39, 0.29) is 18.9 Å². The fourth-order valence-electron chi connectivity index (χ4n) is 10.4. The monoisotopic (exact) mass is 1220 g/mol. The summed E-state index contributed by atoms with van der Waals surface area (Å²) >= 11 is 0. The largest absolute Gasteiger partial charge is 0.394 e. The third-order valence-electron chi connectivity index (χ3n) is 15.9. The topological polar surface area (TPSA) is 228 Å². The smallest absolute Gasteiger partial charge is 0.220 e. The first-order chi connectivity index (χ1) is 42.6. The maximum Gasteiger partial charge on any atom is 0.220 e. The Balaban J connectivity index is 1.64. The summed E-state index contributed by atoms with van der Waals surface area (Å²) in [6.45, 7) is 2.64. The Bertz CT molecular complexity index is 1920. The molecule has 0 aromatic carbocycles. The molecule has 0 bridgehead atoms. The molecule has 12 atom stereocenters. The first-order valence-electron chi connectivity index (χ1n) is 34.3. The number of hydrogen-bond acceptors (Lipinski definition) is 13. The van der Waals surface area contributed by atoms with Gasteiger partial charge in [0.2, 0.25) is 5.91 Å². The number of ether oxygens (including phenoxy) is 4. The average Bonchev–Trinajstić information content (AvgIpc) is 2.36. The fourth-order valence-corrected chi connectivity index (χ4v) is 10.4. The minimum Gasteiger partial charge on any atom is -0.394 e. The van der Waals surface area contributed by atoms with Crippen molar-refractivity contribution in [3.8, 4) is 0 Å². The van der Waals surface area contributed by atoms with Crippen LogP contribution in [0.25, 0.3) is 0 Å². The number of carbonyl (C=O) groups is 1. The van der Waals surface area contributed by atoms with Crippen LogP contribution in [0.3, 0.4) is 0 Å². The lowest BCUT2D eigenvalue weighted by molar-refractivity contribution is -0.359. The predicted molar refractivity (Wildman–Crippen MR) is 355 cm³/mol. The summed E-state index contributed by atoms with van der Waals surface area (Å²) in [5, 5.41) is 87.2. The van der Waals surface area contributed by atoms with Gasteiger partial charge in [0.15, 0.2) is 12.6 Å². The number of carbonyl (C=O) groups excluding carboxylic acids is 1. The molecule has 498 valence electrons. The van der Waals surface area contributed by atoms with Gasteiger partial charge < -0.3 is 65.1 Å². The van der Waals surface area contributed by atoms with Crippen molar-refractivity contribution in [1.82, 2.24) is 5.32 Å². The summed E-state index contributed by atoms with van der Waals surface area (Å²) in [4.78, 5) is 13.3. The van der Waals surface area contributed by atoms with Crippen LogP contribution in [-0.2, 0) is 23.7 Å². The number of allylic oxidation sites excluding steroid dienone is 19. The maximum absolute atomic E-state index is 13.3. The average molecular weight is 1220 g/mol. The van der Waals surface area contributed by atoms with E-state index in [1.807, 2.05) is 6.08 Å². The zero-order valence-electron chi connectivity index (χ0n) is 54.0. The van der Waals surface area contributed by atoms with Crippen LogP contribution < -0.4 is 5.32 Å². The van der Waals surface area contributed by atoms with Gasteiger partial charge in [-0.1, -0.05) is 251 Å². The predicted octanol–water partition coefficient (Wildman–Crippen LogP) is 13.7. The number of aliphatic hydroxyl groups is 8. The molecule has 14 nitrogen and oxygen atoms in total. The Labute approximate surface area is 527 Å². The summed E-state index contributed by atoms with van der Waals surface area (Å²) in [6, 6.07) is -0.945. The van der Waals surface area contributed by atoms with Crippen molar-refractivity contribution in [2.75, 3.05) is 19.8 Å². The standard InChI is InChI=1S/C73H123NO13/c1-3-5-7-9-11-13-15-17-19-21-22-23-24-25-26-27-28-29-30-31-32-33-34-35-36-37-38-39-40-41-43-45-47-49-51-53-55-57-65(78)74-61(62(77)56-54-52-50-48-46-44-42-20-18-16-14-12-10-8-6-4-2)60-84-72-70(83)68(81)71(64(59-76)86-72)87-73-69(82)67(80)66(79)63(58-75)85-73/h5,7,11,13,17-20,22-23,25-26,28-29,31-32,46,48,54,56,61-64,66-73,75-77,79-83H,3-4,6,8-10,12,14-16,21,24,27,30,33-45,47,49-53,55,57-60H2,1-2H3,(H,74,78)/b7-5-,13-11-,19-17-,20-18+,23-22-,26-25-,29-28-,32-31-,48-46+,56-54+. The van der Waals surface area contributed by atoms with Crippen LogP contribution in [0.1, 0.15) is 239 Å². The number of amides is 1. The van der Waals surface area contributed by atoms with Crippen LogP contribution in [0.4, 0.5) is 0 Å². The molecule has 0 spiro atoms. The van der Waals surface area contributed by atoms with Crippen molar-refractivity contribution in [3.05, 3.63) is 122 Å². The van der Waals surface area contributed by atoms with Gasteiger partial charge in [0.05, 0.1) is 32.0 Å². The van der Waals surface area contributed by atoms with E-state index in [1.54, 1.807) is 6.08 Å². The second-order valence-corrected chi connectivity index (χ2v) is 23.5. The van der Waals surface area contributed by atoms with Gasteiger partial charge >= 0.3 is 0 Å². The van der Waals surface area contributed by atoms with E-state index >= 15 is 0 Å². The van der Waals surface area contributed by atoms with Crippen LogP contribution in [0.2, 0.25) is 0 Å².